The lowest BCUT2D eigenvalue weighted by Gasteiger charge is -1.89. The zero-order valence-corrected chi connectivity index (χ0v) is 6.03. The highest BCUT2D eigenvalue weighted by Crippen LogP contribution is 1.94. The molecule has 0 saturated heterocycles. The van der Waals surface area contributed by atoms with Gasteiger partial charge in [0.1, 0.15) is 0 Å². The van der Waals surface area contributed by atoms with Gasteiger partial charge in [0.15, 0.2) is 0 Å². The van der Waals surface area contributed by atoms with E-state index in [1.54, 1.807) is 24.3 Å². The zero-order valence-electron chi connectivity index (χ0n) is 6.03. The van der Waals surface area contributed by atoms with Crippen LogP contribution in [0.1, 0.15) is 10.4 Å². The van der Waals surface area contributed by atoms with Gasteiger partial charge in [-0.3, -0.25) is 16.5 Å². The highest BCUT2D eigenvalue weighted by Gasteiger charge is 1.93. The summed E-state index contributed by atoms with van der Waals surface area (Å²) in [5.41, 5.74) is 5.53. The van der Waals surface area contributed by atoms with E-state index in [0.717, 1.165) is 0 Å². The number of primary amides is 1. The minimum atomic E-state index is -0.379. The molecule has 4 nitrogen and oxygen atoms in total. The molecule has 0 heterocycles. The molecule has 1 aromatic rings. The maximum atomic E-state index is 10.4. The zero-order chi connectivity index (χ0) is 8.69. The molecule has 0 fully saturated rings. The molecule has 0 aliphatic rings. The van der Waals surface area contributed by atoms with Crippen LogP contribution in [0.15, 0.2) is 30.3 Å². The summed E-state index contributed by atoms with van der Waals surface area (Å²) in [7, 11) is 0. The second kappa shape index (κ2) is 5.40. The lowest BCUT2D eigenvalue weighted by Crippen LogP contribution is -2.09. The van der Waals surface area contributed by atoms with Crippen molar-refractivity contribution in [3.63, 3.8) is 0 Å². The standard InChI is InChI=1S/C7H7NO.H4N2/c8-7(9)6-4-2-1-3-5-6;1-2/h1-5H,(H2,8,9);1-2H2. The minimum Gasteiger partial charge on any atom is -0.366 e. The lowest BCUT2D eigenvalue weighted by molar-refractivity contribution is 0.100. The maximum absolute atomic E-state index is 10.4. The Kier molecular flexibility index (Phi) is 4.72. The summed E-state index contributed by atoms with van der Waals surface area (Å²) >= 11 is 0. The third-order valence-corrected chi connectivity index (χ3v) is 1.06. The number of carbonyl (C=O) groups is 1. The molecule has 1 rings (SSSR count). The molecule has 6 N–H and O–H groups in total. The Bertz CT molecular complexity index is 210. The summed E-state index contributed by atoms with van der Waals surface area (Å²) < 4.78 is 0. The normalized spacial score (nSPS) is 7.82. The molecule has 0 bridgehead atoms. The molecule has 1 amide bonds. The van der Waals surface area contributed by atoms with Crippen LogP contribution in [0.25, 0.3) is 0 Å². The monoisotopic (exact) mass is 153 g/mol. The van der Waals surface area contributed by atoms with Crippen molar-refractivity contribution in [1.82, 2.24) is 0 Å². The first kappa shape index (κ1) is 9.61. The van der Waals surface area contributed by atoms with Gasteiger partial charge in [0.05, 0.1) is 0 Å². The van der Waals surface area contributed by atoms with Gasteiger partial charge in [0.2, 0.25) is 5.91 Å². The fourth-order valence-electron chi connectivity index (χ4n) is 0.602. The molecule has 0 atom stereocenters. The Hall–Kier alpha value is -1.39. The lowest BCUT2D eigenvalue weighted by atomic mass is 10.2. The number of amides is 1. The van der Waals surface area contributed by atoms with Crippen molar-refractivity contribution in [3.05, 3.63) is 35.9 Å². The first-order chi connectivity index (χ1) is 5.30. The third kappa shape index (κ3) is 3.34. The van der Waals surface area contributed by atoms with E-state index < -0.39 is 0 Å². The number of hydrazine groups is 1. The average Bonchev–Trinajstić information content (AvgIpc) is 2.10. The first-order valence-electron chi connectivity index (χ1n) is 2.99. The number of benzene rings is 1. The number of hydrogen-bond acceptors (Lipinski definition) is 3. The van der Waals surface area contributed by atoms with Crippen molar-refractivity contribution in [2.45, 2.75) is 0 Å². The van der Waals surface area contributed by atoms with Crippen LogP contribution in [0.3, 0.4) is 0 Å². The van der Waals surface area contributed by atoms with E-state index in [-0.39, 0.29) is 5.91 Å². The number of carbonyl (C=O) groups excluding carboxylic acids is 1. The van der Waals surface area contributed by atoms with Crippen molar-refractivity contribution in [3.8, 4) is 0 Å². The summed E-state index contributed by atoms with van der Waals surface area (Å²) in [4.78, 5) is 10.4. The van der Waals surface area contributed by atoms with Gasteiger partial charge in [-0.15, -0.1) is 0 Å². The van der Waals surface area contributed by atoms with Crippen LogP contribution in [0.5, 0.6) is 0 Å². The van der Waals surface area contributed by atoms with Crippen LogP contribution < -0.4 is 17.4 Å². The molecule has 0 unspecified atom stereocenters. The van der Waals surface area contributed by atoms with Gasteiger partial charge in [-0.05, 0) is 12.1 Å². The second-order valence-corrected chi connectivity index (χ2v) is 1.73. The molecule has 0 radical (unpaired) electrons. The predicted octanol–water partition coefficient (Wildman–Crippen LogP) is -0.396. The van der Waals surface area contributed by atoms with Gasteiger partial charge in [0.25, 0.3) is 0 Å². The first-order valence-corrected chi connectivity index (χ1v) is 2.99. The number of nitrogens with two attached hydrogens (primary N) is 3. The number of hydrogen-bond donors (Lipinski definition) is 3. The largest absolute Gasteiger partial charge is 0.366 e. The molecule has 60 valence electrons. The molecule has 0 aliphatic heterocycles. The van der Waals surface area contributed by atoms with E-state index in [2.05, 4.69) is 11.7 Å². The smallest absolute Gasteiger partial charge is 0.248 e. The van der Waals surface area contributed by atoms with Crippen molar-refractivity contribution >= 4 is 5.91 Å². The Morgan fingerprint density at radius 1 is 1.09 bits per heavy atom. The fraction of sp³-hybridized carbons (Fsp3) is 0. The van der Waals surface area contributed by atoms with Gasteiger partial charge in [-0.1, -0.05) is 18.2 Å². The molecule has 0 spiro atoms. The minimum absolute atomic E-state index is 0.379. The summed E-state index contributed by atoms with van der Waals surface area (Å²) in [5, 5.41) is 0. The molecule has 1 aromatic carbocycles. The van der Waals surface area contributed by atoms with Crippen LogP contribution >= 0.6 is 0 Å². The van der Waals surface area contributed by atoms with E-state index in [1.165, 1.54) is 0 Å². The van der Waals surface area contributed by atoms with E-state index in [9.17, 15) is 4.79 Å². The average molecular weight is 153 g/mol. The van der Waals surface area contributed by atoms with Crippen LogP contribution in [0, 0.1) is 0 Å². The fourth-order valence-corrected chi connectivity index (χ4v) is 0.602. The summed E-state index contributed by atoms with van der Waals surface area (Å²) in [6, 6.07) is 8.76. The van der Waals surface area contributed by atoms with E-state index in [1.807, 2.05) is 6.07 Å². The van der Waals surface area contributed by atoms with Crippen LogP contribution in [0.2, 0.25) is 0 Å². The van der Waals surface area contributed by atoms with Gasteiger partial charge in [0, 0.05) is 5.56 Å². The quantitative estimate of drug-likeness (QED) is 0.378. The molecule has 4 heteroatoms. The Morgan fingerprint density at radius 2 is 1.55 bits per heavy atom. The second-order valence-electron chi connectivity index (χ2n) is 1.73. The summed E-state index contributed by atoms with van der Waals surface area (Å²) in [5.74, 6) is 7.62. The van der Waals surface area contributed by atoms with Gasteiger partial charge in [-0.25, -0.2) is 0 Å². The Balaban J connectivity index is 0.000000461. The highest BCUT2D eigenvalue weighted by molar-refractivity contribution is 5.92. The van der Waals surface area contributed by atoms with E-state index in [4.69, 9.17) is 5.73 Å². The van der Waals surface area contributed by atoms with Crippen molar-refractivity contribution in [1.29, 1.82) is 0 Å². The molecule has 0 aliphatic carbocycles. The Morgan fingerprint density at radius 3 is 1.82 bits per heavy atom. The van der Waals surface area contributed by atoms with Gasteiger partial charge < -0.3 is 5.73 Å². The maximum Gasteiger partial charge on any atom is 0.248 e. The Labute approximate surface area is 65.0 Å². The SMILES string of the molecule is NC(=O)c1ccccc1.NN. The summed E-state index contributed by atoms with van der Waals surface area (Å²) in [6.45, 7) is 0. The van der Waals surface area contributed by atoms with Crippen molar-refractivity contribution in [2.24, 2.45) is 17.4 Å². The predicted molar refractivity (Wildman–Crippen MR) is 43.3 cm³/mol. The van der Waals surface area contributed by atoms with Gasteiger partial charge in [-0.2, -0.15) is 0 Å². The number of rotatable bonds is 1. The topological polar surface area (TPSA) is 95.1 Å². The van der Waals surface area contributed by atoms with Gasteiger partial charge >= 0.3 is 0 Å². The van der Waals surface area contributed by atoms with Crippen LogP contribution in [-0.2, 0) is 0 Å². The van der Waals surface area contributed by atoms with Crippen LogP contribution in [-0.4, -0.2) is 5.91 Å². The van der Waals surface area contributed by atoms with Crippen molar-refractivity contribution < 1.29 is 4.79 Å². The molecule has 0 saturated carbocycles. The highest BCUT2D eigenvalue weighted by atomic mass is 16.1. The molecular weight excluding hydrogens is 142 g/mol. The van der Waals surface area contributed by atoms with E-state index in [0.29, 0.717) is 5.56 Å². The summed E-state index contributed by atoms with van der Waals surface area (Å²) in [6.07, 6.45) is 0. The molecular formula is C7H11N3O. The third-order valence-electron chi connectivity index (χ3n) is 1.06. The van der Waals surface area contributed by atoms with E-state index >= 15 is 0 Å². The molecule has 11 heavy (non-hydrogen) atoms. The van der Waals surface area contributed by atoms with Crippen molar-refractivity contribution in [2.75, 3.05) is 0 Å². The molecule has 0 aromatic heterocycles. The van der Waals surface area contributed by atoms with Crippen LogP contribution in [0.4, 0.5) is 0 Å².